The van der Waals surface area contributed by atoms with Crippen molar-refractivity contribution in [3.8, 4) is 5.75 Å². The molecule has 0 saturated heterocycles. The van der Waals surface area contributed by atoms with Crippen LogP contribution in [0.3, 0.4) is 0 Å². The molecule has 3 heteroatoms. The van der Waals surface area contributed by atoms with Crippen molar-refractivity contribution in [3.05, 3.63) is 29.3 Å². The Balaban J connectivity index is 3.03. The van der Waals surface area contributed by atoms with Gasteiger partial charge in [0.05, 0.1) is 0 Å². The van der Waals surface area contributed by atoms with Crippen LogP contribution in [-0.2, 0) is 12.8 Å². The summed E-state index contributed by atoms with van der Waals surface area (Å²) >= 11 is 0. The molecule has 0 heterocycles. The number of benzene rings is 1. The molecule has 0 spiro atoms. The van der Waals surface area contributed by atoms with Gasteiger partial charge < -0.3 is 9.68 Å². The van der Waals surface area contributed by atoms with Crippen LogP contribution in [0.2, 0.25) is 0 Å². The average Bonchev–Trinajstić information content (AvgIpc) is 2.18. The molecule has 1 N–H and O–H groups in total. The summed E-state index contributed by atoms with van der Waals surface area (Å²) in [5.41, 5.74) is 2.46. The van der Waals surface area contributed by atoms with E-state index in [4.69, 9.17) is 9.68 Å². The van der Waals surface area contributed by atoms with Gasteiger partial charge in [0, 0.05) is 0 Å². The van der Waals surface area contributed by atoms with E-state index in [1.807, 2.05) is 12.1 Å². The van der Waals surface area contributed by atoms with Crippen LogP contribution >= 0.6 is 0 Å². The van der Waals surface area contributed by atoms with Gasteiger partial charge >= 0.3 is 7.69 Å². The Labute approximate surface area is 79.9 Å². The average molecular weight is 177 g/mol. The second-order valence-electron chi connectivity index (χ2n) is 2.82. The van der Waals surface area contributed by atoms with Crippen molar-refractivity contribution >= 4 is 7.69 Å². The first-order chi connectivity index (χ1) is 6.33. The first kappa shape index (κ1) is 10.1. The summed E-state index contributed by atoms with van der Waals surface area (Å²) in [5.74, 6) is 0.754. The van der Waals surface area contributed by atoms with Gasteiger partial charge in [0.25, 0.3) is 0 Å². The molecule has 69 valence electrons. The summed E-state index contributed by atoms with van der Waals surface area (Å²) in [4.78, 5) is 0. The minimum Gasteiger partial charge on any atom is -0.537 e. The second kappa shape index (κ2) is 4.92. The van der Waals surface area contributed by atoms with Gasteiger partial charge in [-0.05, 0) is 30.0 Å². The summed E-state index contributed by atoms with van der Waals surface area (Å²) in [6.07, 6.45) is 1.92. The van der Waals surface area contributed by atoms with Gasteiger partial charge in [0.1, 0.15) is 5.75 Å². The van der Waals surface area contributed by atoms with Crippen LogP contribution in [0.1, 0.15) is 25.0 Å². The Morgan fingerprint density at radius 3 is 2.62 bits per heavy atom. The molecule has 1 radical (unpaired) electrons. The summed E-state index contributed by atoms with van der Waals surface area (Å²) in [6, 6.07) is 5.89. The normalized spacial score (nSPS) is 9.77. The predicted octanol–water partition coefficient (Wildman–Crippen LogP) is 1.72. The highest BCUT2D eigenvalue weighted by Gasteiger charge is 2.05. The Morgan fingerprint density at radius 2 is 2.08 bits per heavy atom. The summed E-state index contributed by atoms with van der Waals surface area (Å²) in [7, 11) is 0.730. The molecular formula is C10H14BO2. The molecule has 0 aliphatic rings. The van der Waals surface area contributed by atoms with Crippen molar-refractivity contribution in [1.82, 2.24) is 0 Å². The zero-order valence-corrected chi connectivity index (χ0v) is 8.08. The minimum atomic E-state index is 0.730. The molecule has 1 rings (SSSR count). The third-order valence-electron chi connectivity index (χ3n) is 2.14. The monoisotopic (exact) mass is 177 g/mol. The van der Waals surface area contributed by atoms with E-state index < -0.39 is 0 Å². The minimum absolute atomic E-state index is 0.730. The van der Waals surface area contributed by atoms with E-state index in [1.165, 1.54) is 11.1 Å². The summed E-state index contributed by atoms with van der Waals surface area (Å²) in [5, 5.41) is 8.56. The molecule has 0 saturated carbocycles. The molecule has 13 heavy (non-hydrogen) atoms. The molecule has 0 aliphatic heterocycles. The molecule has 0 amide bonds. The molecule has 1 aromatic carbocycles. The van der Waals surface area contributed by atoms with Crippen LogP contribution in [0.4, 0.5) is 0 Å². The molecule has 0 aromatic heterocycles. The molecule has 0 bridgehead atoms. The molecule has 1 aromatic rings. The fourth-order valence-corrected chi connectivity index (χ4v) is 1.51. The van der Waals surface area contributed by atoms with Gasteiger partial charge in [0.2, 0.25) is 0 Å². The van der Waals surface area contributed by atoms with Crippen LogP contribution in [0.25, 0.3) is 0 Å². The molecule has 0 unspecified atom stereocenters. The zero-order chi connectivity index (χ0) is 9.68. The molecule has 0 aliphatic carbocycles. The zero-order valence-electron chi connectivity index (χ0n) is 8.08. The topological polar surface area (TPSA) is 29.5 Å². The SMILES string of the molecule is CCc1cccc(O[B]O)c1CC. The number of hydrogen-bond acceptors (Lipinski definition) is 2. The third kappa shape index (κ3) is 2.25. The highest BCUT2D eigenvalue weighted by molar-refractivity contribution is 6.17. The van der Waals surface area contributed by atoms with E-state index in [9.17, 15) is 0 Å². The number of hydrogen-bond donors (Lipinski definition) is 1. The van der Waals surface area contributed by atoms with Crippen molar-refractivity contribution in [2.75, 3.05) is 0 Å². The van der Waals surface area contributed by atoms with E-state index in [1.54, 1.807) is 0 Å². The molecule has 0 atom stereocenters. The lowest BCUT2D eigenvalue weighted by Crippen LogP contribution is -2.04. The Hall–Kier alpha value is -0.955. The van der Waals surface area contributed by atoms with Gasteiger partial charge in [-0.1, -0.05) is 26.0 Å². The van der Waals surface area contributed by atoms with Gasteiger partial charge in [-0.3, -0.25) is 0 Å². The summed E-state index contributed by atoms with van der Waals surface area (Å²) < 4.78 is 5.00. The maximum absolute atomic E-state index is 8.56. The van der Waals surface area contributed by atoms with Gasteiger partial charge in [-0.25, -0.2) is 0 Å². The maximum Gasteiger partial charge on any atom is 0.569 e. The third-order valence-corrected chi connectivity index (χ3v) is 2.14. The Morgan fingerprint density at radius 1 is 1.31 bits per heavy atom. The number of aryl methyl sites for hydroxylation is 1. The highest BCUT2D eigenvalue weighted by Crippen LogP contribution is 2.22. The quantitative estimate of drug-likeness (QED) is 0.709. The second-order valence-corrected chi connectivity index (χ2v) is 2.82. The molecule has 2 nitrogen and oxygen atoms in total. The maximum atomic E-state index is 8.56. The van der Waals surface area contributed by atoms with Gasteiger partial charge in [0.15, 0.2) is 0 Å². The van der Waals surface area contributed by atoms with E-state index in [0.29, 0.717) is 0 Å². The fourth-order valence-electron chi connectivity index (χ4n) is 1.51. The highest BCUT2D eigenvalue weighted by atomic mass is 16.5. The molecule has 0 fully saturated rings. The van der Waals surface area contributed by atoms with Crippen molar-refractivity contribution in [3.63, 3.8) is 0 Å². The summed E-state index contributed by atoms with van der Waals surface area (Å²) in [6.45, 7) is 4.19. The van der Waals surface area contributed by atoms with Crippen LogP contribution in [0.15, 0.2) is 18.2 Å². The van der Waals surface area contributed by atoms with Crippen molar-refractivity contribution < 1.29 is 9.68 Å². The first-order valence-corrected chi connectivity index (χ1v) is 4.56. The number of rotatable bonds is 4. The van der Waals surface area contributed by atoms with E-state index in [2.05, 4.69) is 19.9 Å². The molecular weight excluding hydrogens is 163 g/mol. The first-order valence-electron chi connectivity index (χ1n) is 4.56. The van der Waals surface area contributed by atoms with E-state index in [0.717, 1.165) is 26.3 Å². The van der Waals surface area contributed by atoms with Crippen molar-refractivity contribution in [2.45, 2.75) is 26.7 Å². The van der Waals surface area contributed by atoms with Crippen LogP contribution in [0, 0.1) is 0 Å². The van der Waals surface area contributed by atoms with Gasteiger partial charge in [-0.15, -0.1) is 0 Å². The van der Waals surface area contributed by atoms with Crippen LogP contribution in [-0.4, -0.2) is 12.7 Å². The lowest BCUT2D eigenvalue weighted by molar-refractivity contribution is 0.450. The van der Waals surface area contributed by atoms with Gasteiger partial charge in [-0.2, -0.15) is 0 Å². The van der Waals surface area contributed by atoms with E-state index in [-0.39, 0.29) is 0 Å². The van der Waals surface area contributed by atoms with Crippen LogP contribution in [0.5, 0.6) is 5.75 Å². The smallest absolute Gasteiger partial charge is 0.537 e. The Bertz CT molecular complexity index is 274. The fraction of sp³-hybridized carbons (Fsp3) is 0.400. The predicted molar refractivity (Wildman–Crippen MR) is 53.8 cm³/mol. The largest absolute Gasteiger partial charge is 0.569 e. The standard InChI is InChI=1S/C10H14BO2/c1-3-8-6-5-7-10(13-11-12)9(8)4-2/h5-7,12H,3-4H2,1-2H3. The lowest BCUT2D eigenvalue weighted by Gasteiger charge is -2.11. The lowest BCUT2D eigenvalue weighted by atomic mass is 10.0. The van der Waals surface area contributed by atoms with Crippen molar-refractivity contribution in [1.29, 1.82) is 0 Å². The Kier molecular flexibility index (Phi) is 3.84. The van der Waals surface area contributed by atoms with E-state index >= 15 is 0 Å². The van der Waals surface area contributed by atoms with Crippen molar-refractivity contribution in [2.24, 2.45) is 0 Å². The van der Waals surface area contributed by atoms with Crippen LogP contribution < -0.4 is 4.65 Å².